The first-order valence-corrected chi connectivity index (χ1v) is 7.45. The molecule has 2 heteroatoms. The summed E-state index contributed by atoms with van der Waals surface area (Å²) < 4.78 is 5.48. The Hall–Kier alpha value is -0.370. The molecule has 0 aromatic rings. The summed E-state index contributed by atoms with van der Waals surface area (Å²) in [7, 11) is 0. The van der Waals surface area contributed by atoms with Gasteiger partial charge in [0.2, 0.25) is 0 Å². The van der Waals surface area contributed by atoms with Crippen molar-refractivity contribution in [3.8, 4) is 0 Å². The van der Waals surface area contributed by atoms with Crippen molar-refractivity contribution in [2.24, 2.45) is 5.92 Å². The van der Waals surface area contributed by atoms with Crippen molar-refractivity contribution < 1.29 is 9.53 Å². The molecule has 0 saturated heterocycles. The molecule has 1 fully saturated rings. The van der Waals surface area contributed by atoms with Crippen molar-refractivity contribution in [3.63, 3.8) is 0 Å². The third kappa shape index (κ3) is 6.82. The van der Waals surface area contributed by atoms with Crippen molar-refractivity contribution in [3.05, 3.63) is 0 Å². The van der Waals surface area contributed by atoms with E-state index in [9.17, 15) is 4.79 Å². The third-order valence-corrected chi connectivity index (χ3v) is 3.70. The highest BCUT2D eigenvalue weighted by atomic mass is 16.5. The highest BCUT2D eigenvalue weighted by Gasteiger charge is 2.20. The Labute approximate surface area is 106 Å². The van der Waals surface area contributed by atoms with E-state index >= 15 is 0 Å². The summed E-state index contributed by atoms with van der Waals surface area (Å²) in [6.07, 6.45) is 12.2. The van der Waals surface area contributed by atoms with E-state index < -0.39 is 0 Å². The van der Waals surface area contributed by atoms with Gasteiger partial charge in [0, 0.05) is 12.5 Å². The van der Waals surface area contributed by atoms with Crippen LogP contribution >= 0.6 is 0 Å². The van der Waals surface area contributed by atoms with E-state index in [1.54, 1.807) is 0 Å². The largest absolute Gasteiger partial charge is 0.374 e. The average molecular weight is 240 g/mol. The fourth-order valence-corrected chi connectivity index (χ4v) is 2.52. The first-order valence-electron chi connectivity index (χ1n) is 7.45. The molecule has 17 heavy (non-hydrogen) atoms. The first kappa shape index (κ1) is 14.7. The summed E-state index contributed by atoms with van der Waals surface area (Å²) in [5.74, 6) is 0.655. The molecule has 2 nitrogen and oxygen atoms in total. The van der Waals surface area contributed by atoms with Crippen LogP contribution in [-0.2, 0) is 9.53 Å². The van der Waals surface area contributed by atoms with Gasteiger partial charge in [0.1, 0.15) is 6.61 Å². The molecule has 0 N–H and O–H groups in total. The molecule has 0 aromatic heterocycles. The van der Waals surface area contributed by atoms with Crippen LogP contribution < -0.4 is 0 Å². The van der Waals surface area contributed by atoms with Gasteiger partial charge in [-0.1, -0.05) is 51.9 Å². The molecular weight excluding hydrogens is 212 g/mol. The van der Waals surface area contributed by atoms with Gasteiger partial charge < -0.3 is 4.74 Å². The smallest absolute Gasteiger partial charge is 0.161 e. The second-order valence-electron chi connectivity index (χ2n) is 5.27. The highest BCUT2D eigenvalue weighted by molar-refractivity contribution is 5.82. The predicted molar refractivity (Wildman–Crippen MR) is 71.2 cm³/mol. The molecule has 0 atom stereocenters. The Morgan fingerprint density at radius 1 is 1.06 bits per heavy atom. The van der Waals surface area contributed by atoms with Gasteiger partial charge in [0.05, 0.1) is 0 Å². The Balaban J connectivity index is 1.92. The van der Waals surface area contributed by atoms with Gasteiger partial charge in [-0.05, 0) is 19.3 Å². The molecule has 100 valence electrons. The standard InChI is InChI=1S/C15H28O2/c1-2-3-4-5-9-12-17-13-15(16)14-10-7-6-8-11-14/h14H,2-13H2,1H3. The summed E-state index contributed by atoms with van der Waals surface area (Å²) in [6.45, 7) is 3.35. The average Bonchev–Trinajstić information content (AvgIpc) is 2.38. The van der Waals surface area contributed by atoms with Gasteiger partial charge in [-0.3, -0.25) is 4.79 Å². The van der Waals surface area contributed by atoms with E-state index in [-0.39, 0.29) is 0 Å². The molecule has 0 unspecified atom stereocenters. The number of ketones is 1. The zero-order valence-electron chi connectivity index (χ0n) is 11.4. The maximum atomic E-state index is 11.8. The molecule has 0 radical (unpaired) electrons. The second kappa shape index (κ2) is 9.64. The minimum Gasteiger partial charge on any atom is -0.374 e. The topological polar surface area (TPSA) is 26.3 Å². The second-order valence-corrected chi connectivity index (χ2v) is 5.27. The van der Waals surface area contributed by atoms with Crippen molar-refractivity contribution in [1.82, 2.24) is 0 Å². The molecule has 0 heterocycles. The molecule has 1 saturated carbocycles. The summed E-state index contributed by atoms with van der Waals surface area (Å²) in [5, 5.41) is 0. The lowest BCUT2D eigenvalue weighted by Gasteiger charge is -2.20. The molecule has 0 aliphatic heterocycles. The van der Waals surface area contributed by atoms with Gasteiger partial charge in [-0.15, -0.1) is 0 Å². The summed E-state index contributed by atoms with van der Waals surface area (Å²) in [6, 6.07) is 0. The van der Waals surface area contributed by atoms with Crippen LogP contribution in [0.15, 0.2) is 0 Å². The summed E-state index contributed by atoms with van der Waals surface area (Å²) in [4.78, 5) is 11.8. The Morgan fingerprint density at radius 3 is 2.47 bits per heavy atom. The maximum Gasteiger partial charge on any atom is 0.161 e. The van der Waals surface area contributed by atoms with Crippen LogP contribution in [0.2, 0.25) is 0 Å². The molecule has 0 bridgehead atoms. The first-order chi connectivity index (χ1) is 8.34. The number of ether oxygens (including phenoxy) is 1. The minimum atomic E-state index is 0.309. The molecule has 0 amide bonds. The molecule has 1 aliphatic rings. The van der Waals surface area contributed by atoms with E-state index in [1.165, 1.54) is 44.9 Å². The number of hydrogen-bond acceptors (Lipinski definition) is 2. The fraction of sp³-hybridized carbons (Fsp3) is 0.933. The number of carbonyl (C=O) groups is 1. The van der Waals surface area contributed by atoms with Crippen LogP contribution in [0.25, 0.3) is 0 Å². The van der Waals surface area contributed by atoms with Crippen LogP contribution in [0.3, 0.4) is 0 Å². The number of rotatable bonds is 9. The fourth-order valence-electron chi connectivity index (χ4n) is 2.52. The molecule has 1 rings (SSSR count). The quantitative estimate of drug-likeness (QED) is 0.567. The van der Waals surface area contributed by atoms with Gasteiger partial charge in [-0.2, -0.15) is 0 Å². The highest BCUT2D eigenvalue weighted by Crippen LogP contribution is 2.24. The lowest BCUT2D eigenvalue weighted by molar-refractivity contribution is -0.128. The van der Waals surface area contributed by atoms with E-state index in [1.807, 2.05) is 0 Å². The van der Waals surface area contributed by atoms with E-state index in [2.05, 4.69) is 6.92 Å². The molecule has 0 spiro atoms. The van der Waals surface area contributed by atoms with E-state index in [4.69, 9.17) is 4.74 Å². The van der Waals surface area contributed by atoms with Crippen molar-refractivity contribution in [2.75, 3.05) is 13.2 Å². The van der Waals surface area contributed by atoms with Crippen molar-refractivity contribution in [2.45, 2.75) is 71.1 Å². The predicted octanol–water partition coefficient (Wildman–Crippen LogP) is 4.12. The van der Waals surface area contributed by atoms with Gasteiger partial charge in [0.15, 0.2) is 5.78 Å². The maximum absolute atomic E-state index is 11.8. The van der Waals surface area contributed by atoms with Gasteiger partial charge in [0.25, 0.3) is 0 Å². The lowest BCUT2D eigenvalue weighted by atomic mass is 9.86. The Kier molecular flexibility index (Phi) is 8.33. The lowest BCUT2D eigenvalue weighted by Crippen LogP contribution is -2.22. The minimum absolute atomic E-state index is 0.309. The zero-order valence-corrected chi connectivity index (χ0v) is 11.4. The van der Waals surface area contributed by atoms with Crippen LogP contribution in [-0.4, -0.2) is 19.0 Å². The van der Waals surface area contributed by atoms with Crippen molar-refractivity contribution in [1.29, 1.82) is 0 Å². The van der Waals surface area contributed by atoms with E-state index in [0.717, 1.165) is 25.9 Å². The van der Waals surface area contributed by atoms with Crippen LogP contribution in [0, 0.1) is 5.92 Å². The normalized spacial score (nSPS) is 17.2. The number of carbonyl (C=O) groups excluding carboxylic acids is 1. The third-order valence-electron chi connectivity index (χ3n) is 3.70. The zero-order chi connectivity index (χ0) is 12.3. The summed E-state index contributed by atoms with van der Waals surface area (Å²) in [5.41, 5.74) is 0. The molecule has 1 aliphatic carbocycles. The van der Waals surface area contributed by atoms with Crippen LogP contribution in [0.4, 0.5) is 0 Å². The Bertz CT molecular complexity index is 195. The molecule has 0 aromatic carbocycles. The molecular formula is C15H28O2. The monoisotopic (exact) mass is 240 g/mol. The van der Waals surface area contributed by atoms with Crippen molar-refractivity contribution >= 4 is 5.78 Å². The SMILES string of the molecule is CCCCCCCOCC(=O)C1CCCCC1. The van der Waals surface area contributed by atoms with E-state index in [0.29, 0.717) is 18.3 Å². The van der Waals surface area contributed by atoms with Crippen LogP contribution in [0.1, 0.15) is 71.1 Å². The van der Waals surface area contributed by atoms with Gasteiger partial charge >= 0.3 is 0 Å². The number of Topliss-reactive ketones (excluding diaryl/α,β-unsaturated/α-hetero) is 1. The Morgan fingerprint density at radius 2 is 1.76 bits per heavy atom. The summed E-state index contributed by atoms with van der Waals surface area (Å²) >= 11 is 0. The van der Waals surface area contributed by atoms with Gasteiger partial charge in [-0.25, -0.2) is 0 Å². The number of unbranched alkanes of at least 4 members (excludes halogenated alkanes) is 4. The van der Waals surface area contributed by atoms with Crippen LogP contribution in [0.5, 0.6) is 0 Å². The number of hydrogen-bond donors (Lipinski definition) is 0.